The molecule has 5 rings (SSSR count). The van der Waals surface area contributed by atoms with Crippen molar-refractivity contribution in [1.29, 1.82) is 0 Å². The van der Waals surface area contributed by atoms with Gasteiger partial charge in [-0.3, -0.25) is 14.8 Å². The SMILES string of the molecule is CC(=O)Nc1ccc(-c2cc(C3=NCc4ccnc(OC5CCOCC5)c43)ccn2)cc1. The maximum absolute atomic E-state index is 11.3. The van der Waals surface area contributed by atoms with Crippen LogP contribution in [0.2, 0.25) is 0 Å². The molecule has 1 fully saturated rings. The van der Waals surface area contributed by atoms with Gasteiger partial charge in [0.25, 0.3) is 0 Å². The predicted molar refractivity (Wildman–Crippen MR) is 122 cm³/mol. The summed E-state index contributed by atoms with van der Waals surface area (Å²) in [6.45, 7) is 3.54. The number of hydrogen-bond acceptors (Lipinski definition) is 6. The van der Waals surface area contributed by atoms with Crippen LogP contribution in [-0.4, -0.2) is 40.9 Å². The number of nitrogens with one attached hydrogen (secondary N) is 1. The molecule has 3 aromatic rings. The van der Waals surface area contributed by atoms with E-state index in [1.165, 1.54) is 6.92 Å². The summed E-state index contributed by atoms with van der Waals surface area (Å²) < 4.78 is 11.7. The Kier molecular flexibility index (Phi) is 5.64. The van der Waals surface area contributed by atoms with Gasteiger partial charge in [0, 0.05) is 49.0 Å². The first-order chi connectivity index (χ1) is 15.7. The molecule has 0 aliphatic carbocycles. The Bertz CT molecular complexity index is 1170. The Balaban J connectivity index is 1.43. The molecule has 32 heavy (non-hydrogen) atoms. The van der Waals surface area contributed by atoms with E-state index in [0.717, 1.165) is 65.4 Å². The summed E-state index contributed by atoms with van der Waals surface area (Å²) in [5.41, 5.74) is 6.51. The molecular formula is C25H24N4O3. The Hall–Kier alpha value is -3.58. The number of anilines is 1. The number of aliphatic imine (C=N–C) groups is 1. The first-order valence-corrected chi connectivity index (χ1v) is 10.8. The highest BCUT2D eigenvalue weighted by atomic mass is 16.5. The largest absolute Gasteiger partial charge is 0.474 e. The second kappa shape index (κ2) is 8.88. The van der Waals surface area contributed by atoms with E-state index < -0.39 is 0 Å². The lowest BCUT2D eigenvalue weighted by Crippen LogP contribution is -2.27. The van der Waals surface area contributed by atoms with Crippen LogP contribution in [0.5, 0.6) is 5.88 Å². The van der Waals surface area contributed by atoms with E-state index in [0.29, 0.717) is 12.4 Å². The van der Waals surface area contributed by atoms with Crippen molar-refractivity contribution in [2.45, 2.75) is 32.4 Å². The van der Waals surface area contributed by atoms with Crippen LogP contribution in [0.3, 0.4) is 0 Å². The third-order valence-electron chi connectivity index (χ3n) is 5.63. The molecule has 0 radical (unpaired) electrons. The first kappa shape index (κ1) is 20.3. The minimum atomic E-state index is -0.0943. The minimum Gasteiger partial charge on any atom is -0.474 e. The van der Waals surface area contributed by atoms with Crippen molar-refractivity contribution in [1.82, 2.24) is 9.97 Å². The topological polar surface area (TPSA) is 85.7 Å². The number of nitrogens with zero attached hydrogens (tertiary/aromatic N) is 3. The molecule has 162 valence electrons. The predicted octanol–water partition coefficient (Wildman–Crippen LogP) is 4.01. The zero-order chi connectivity index (χ0) is 21.9. The smallest absolute Gasteiger partial charge is 0.223 e. The van der Waals surface area contributed by atoms with Crippen LogP contribution in [0, 0.1) is 0 Å². The number of benzene rings is 1. The molecule has 1 saturated heterocycles. The van der Waals surface area contributed by atoms with Crippen LogP contribution in [0.25, 0.3) is 11.3 Å². The quantitative estimate of drug-likeness (QED) is 0.664. The van der Waals surface area contributed by atoms with Gasteiger partial charge in [-0.15, -0.1) is 0 Å². The highest BCUT2D eigenvalue weighted by Gasteiger charge is 2.26. The fraction of sp³-hybridized carbons (Fsp3) is 0.280. The number of amides is 1. The molecule has 0 atom stereocenters. The van der Waals surface area contributed by atoms with Crippen molar-refractivity contribution in [3.63, 3.8) is 0 Å². The van der Waals surface area contributed by atoms with Crippen molar-refractivity contribution in [2.24, 2.45) is 4.99 Å². The Morgan fingerprint density at radius 2 is 1.81 bits per heavy atom. The van der Waals surface area contributed by atoms with Crippen LogP contribution in [0.1, 0.15) is 36.5 Å². The molecule has 0 bridgehead atoms. The number of pyridine rings is 2. The number of carbonyl (C=O) groups is 1. The molecule has 4 heterocycles. The lowest BCUT2D eigenvalue weighted by Gasteiger charge is -2.24. The lowest BCUT2D eigenvalue weighted by molar-refractivity contribution is -0.114. The number of aromatic nitrogens is 2. The zero-order valence-electron chi connectivity index (χ0n) is 17.9. The van der Waals surface area contributed by atoms with Gasteiger partial charge in [-0.1, -0.05) is 12.1 Å². The van der Waals surface area contributed by atoms with Gasteiger partial charge >= 0.3 is 0 Å². The molecule has 1 amide bonds. The van der Waals surface area contributed by atoms with Crippen LogP contribution in [0.4, 0.5) is 5.69 Å². The highest BCUT2D eigenvalue weighted by molar-refractivity contribution is 6.16. The van der Waals surface area contributed by atoms with Gasteiger partial charge < -0.3 is 14.8 Å². The number of fused-ring (bicyclic) bond motifs is 1. The molecule has 0 unspecified atom stereocenters. The average Bonchev–Trinajstić information content (AvgIpc) is 3.25. The summed E-state index contributed by atoms with van der Waals surface area (Å²) >= 11 is 0. The van der Waals surface area contributed by atoms with Crippen molar-refractivity contribution in [3.8, 4) is 17.1 Å². The molecule has 1 N–H and O–H groups in total. The van der Waals surface area contributed by atoms with E-state index >= 15 is 0 Å². The lowest BCUT2D eigenvalue weighted by atomic mass is 10.00. The Morgan fingerprint density at radius 3 is 2.59 bits per heavy atom. The molecule has 0 spiro atoms. The van der Waals surface area contributed by atoms with E-state index in [1.54, 1.807) is 12.4 Å². The van der Waals surface area contributed by atoms with Crippen LogP contribution >= 0.6 is 0 Å². The summed E-state index contributed by atoms with van der Waals surface area (Å²) in [7, 11) is 0. The van der Waals surface area contributed by atoms with E-state index in [1.807, 2.05) is 42.5 Å². The summed E-state index contributed by atoms with van der Waals surface area (Å²) in [5, 5.41) is 2.78. The number of hydrogen-bond donors (Lipinski definition) is 1. The fourth-order valence-electron chi connectivity index (χ4n) is 4.05. The normalized spacial score (nSPS) is 15.7. The van der Waals surface area contributed by atoms with Gasteiger partial charge in [-0.2, -0.15) is 0 Å². The number of rotatable bonds is 5. The zero-order valence-corrected chi connectivity index (χ0v) is 17.9. The van der Waals surface area contributed by atoms with E-state index in [-0.39, 0.29) is 12.0 Å². The van der Waals surface area contributed by atoms with E-state index in [9.17, 15) is 4.79 Å². The maximum Gasteiger partial charge on any atom is 0.223 e. The van der Waals surface area contributed by atoms with Crippen molar-refractivity contribution in [3.05, 3.63) is 71.5 Å². The van der Waals surface area contributed by atoms with Crippen molar-refractivity contribution < 1.29 is 14.3 Å². The van der Waals surface area contributed by atoms with Crippen LogP contribution < -0.4 is 10.1 Å². The molecule has 2 aliphatic heterocycles. The van der Waals surface area contributed by atoms with Gasteiger partial charge in [0.05, 0.1) is 36.7 Å². The van der Waals surface area contributed by atoms with E-state index in [2.05, 4.69) is 15.3 Å². The number of carbonyl (C=O) groups excluding carboxylic acids is 1. The third kappa shape index (κ3) is 4.24. The second-order valence-electron chi connectivity index (χ2n) is 7.93. The molecule has 2 aromatic heterocycles. The summed E-state index contributed by atoms with van der Waals surface area (Å²) in [6.07, 6.45) is 5.43. The van der Waals surface area contributed by atoms with Gasteiger partial charge in [0.15, 0.2) is 0 Å². The minimum absolute atomic E-state index is 0.0943. The van der Waals surface area contributed by atoms with Gasteiger partial charge in [-0.05, 0) is 35.9 Å². The summed E-state index contributed by atoms with van der Waals surface area (Å²) in [5.74, 6) is 0.548. The second-order valence-corrected chi connectivity index (χ2v) is 7.93. The molecule has 1 aromatic carbocycles. The third-order valence-corrected chi connectivity index (χ3v) is 5.63. The van der Waals surface area contributed by atoms with Gasteiger partial charge in [0.2, 0.25) is 11.8 Å². The molecule has 2 aliphatic rings. The summed E-state index contributed by atoms with van der Waals surface area (Å²) in [4.78, 5) is 25.1. The average molecular weight is 428 g/mol. The van der Waals surface area contributed by atoms with Crippen molar-refractivity contribution >= 4 is 17.3 Å². The first-order valence-electron chi connectivity index (χ1n) is 10.8. The van der Waals surface area contributed by atoms with Crippen molar-refractivity contribution in [2.75, 3.05) is 18.5 Å². The Labute approximate surface area is 186 Å². The summed E-state index contributed by atoms with van der Waals surface area (Å²) in [6, 6.07) is 13.6. The van der Waals surface area contributed by atoms with Crippen LogP contribution in [-0.2, 0) is 16.1 Å². The van der Waals surface area contributed by atoms with Gasteiger partial charge in [0.1, 0.15) is 6.10 Å². The van der Waals surface area contributed by atoms with Crippen LogP contribution in [0.15, 0.2) is 59.9 Å². The van der Waals surface area contributed by atoms with Gasteiger partial charge in [-0.25, -0.2) is 4.98 Å². The highest BCUT2D eigenvalue weighted by Crippen LogP contribution is 2.32. The van der Waals surface area contributed by atoms with E-state index in [4.69, 9.17) is 14.5 Å². The number of ether oxygens (including phenoxy) is 2. The molecule has 7 heteroatoms. The standard InChI is InChI=1S/C25H24N4O3/c1-16(30)29-20-4-2-17(3-5-20)22-14-18(6-10-26-22)24-23-19(15-28-24)7-11-27-25(23)32-21-8-12-31-13-9-21/h2-7,10-11,14,21H,8-9,12-13,15H2,1H3,(H,29,30). The Morgan fingerprint density at radius 1 is 1.03 bits per heavy atom. The molecular weight excluding hydrogens is 404 g/mol. The maximum atomic E-state index is 11.3. The molecule has 0 saturated carbocycles. The monoisotopic (exact) mass is 428 g/mol. The fourth-order valence-corrected chi connectivity index (χ4v) is 4.05. The molecule has 7 nitrogen and oxygen atoms in total.